The first-order valence-corrected chi connectivity index (χ1v) is 11.4. The zero-order valence-corrected chi connectivity index (χ0v) is 20.0. The summed E-state index contributed by atoms with van der Waals surface area (Å²) in [6.07, 6.45) is 3.43. The van der Waals surface area contributed by atoms with Gasteiger partial charge in [-0.25, -0.2) is 10.6 Å². The molecule has 0 spiro atoms. The molecule has 1 aliphatic heterocycles. The van der Waals surface area contributed by atoms with Crippen molar-refractivity contribution < 1.29 is 9.79 Å². The van der Waals surface area contributed by atoms with E-state index in [-0.39, 0.29) is 17.7 Å². The third-order valence-corrected chi connectivity index (χ3v) is 6.16. The van der Waals surface area contributed by atoms with Crippen molar-refractivity contribution in [3.63, 3.8) is 0 Å². The molecule has 0 saturated carbocycles. The number of anilines is 2. The summed E-state index contributed by atoms with van der Waals surface area (Å²) in [5.74, 6) is 0.852. The Bertz CT molecular complexity index is 833. The van der Waals surface area contributed by atoms with Gasteiger partial charge in [0.15, 0.2) is 0 Å². The van der Waals surface area contributed by atoms with Crippen LogP contribution in [0.25, 0.3) is 0 Å². The fraction of sp³-hybridized carbons (Fsp3) is 0.500. The Labute approximate surface area is 187 Å². The predicted molar refractivity (Wildman–Crippen MR) is 131 cm³/mol. The van der Waals surface area contributed by atoms with Gasteiger partial charge in [0.1, 0.15) is 6.54 Å². The maximum Gasteiger partial charge on any atom is 0.377 e. The molecule has 3 rings (SSSR count). The Kier molecular flexibility index (Phi) is 6.95. The second kappa shape index (κ2) is 9.31. The van der Waals surface area contributed by atoms with Gasteiger partial charge < -0.3 is 5.11 Å². The predicted octanol–water partition coefficient (Wildman–Crippen LogP) is 5.15. The van der Waals surface area contributed by atoms with Gasteiger partial charge in [0.25, 0.3) is 0 Å². The Balaban J connectivity index is 2.11. The lowest BCUT2D eigenvalue weighted by Crippen LogP contribution is -2.65. The molecule has 5 heteroatoms. The second-order valence-corrected chi connectivity index (χ2v) is 9.97. The highest BCUT2D eigenvalue weighted by Gasteiger charge is 2.45. The molecule has 0 atom stereocenters. The molecule has 0 bridgehead atoms. The minimum absolute atomic E-state index is 0.0356. The summed E-state index contributed by atoms with van der Waals surface area (Å²) in [4.78, 5) is 0. The summed E-state index contributed by atoms with van der Waals surface area (Å²) in [6.45, 7) is 13.9. The van der Waals surface area contributed by atoms with Crippen molar-refractivity contribution in [1.82, 2.24) is 5.01 Å². The Hall–Kier alpha value is -2.53. The monoisotopic (exact) mass is 423 g/mol. The highest BCUT2D eigenvalue weighted by molar-refractivity contribution is 6.00. The lowest BCUT2D eigenvalue weighted by atomic mass is 9.81. The summed E-state index contributed by atoms with van der Waals surface area (Å²) in [5.41, 5.74) is 4.40. The summed E-state index contributed by atoms with van der Waals surface area (Å²) >= 11 is 0. The van der Waals surface area contributed by atoms with Crippen molar-refractivity contribution in [2.45, 2.75) is 71.9 Å². The fourth-order valence-corrected chi connectivity index (χ4v) is 4.75. The molecular formula is C26H39N4O+. The Morgan fingerprint density at radius 3 is 1.65 bits per heavy atom. The smallest absolute Gasteiger partial charge is 0.377 e. The lowest BCUT2D eigenvalue weighted by Gasteiger charge is -2.53. The highest BCUT2D eigenvalue weighted by Crippen LogP contribution is 2.38. The number of guanidine groups is 1. The summed E-state index contributed by atoms with van der Waals surface area (Å²) in [6, 6.07) is 16.8. The number of hydrazone groups is 1. The molecule has 1 aliphatic rings. The van der Waals surface area contributed by atoms with E-state index in [2.05, 4.69) is 110 Å². The lowest BCUT2D eigenvalue weighted by molar-refractivity contribution is -0.726. The molecule has 0 amide bonds. The normalized spacial score (nSPS) is 17.2. The first-order chi connectivity index (χ1) is 14.6. The number of nitrogens with one attached hydrogen (secondary N) is 2. The third kappa shape index (κ3) is 5.59. The highest BCUT2D eigenvalue weighted by atomic mass is 16.3. The van der Waals surface area contributed by atoms with Crippen LogP contribution in [0.1, 0.15) is 58.1 Å². The first-order valence-electron chi connectivity index (χ1n) is 11.4. The fourth-order valence-electron chi connectivity index (χ4n) is 4.75. The largest absolute Gasteiger partial charge is 0.393 e. The summed E-state index contributed by atoms with van der Waals surface area (Å²) < 4.78 is 2.21. The molecule has 1 saturated heterocycles. The van der Waals surface area contributed by atoms with Gasteiger partial charge in [-0.05, 0) is 85.1 Å². The molecule has 3 N–H and O–H groups in total. The van der Waals surface area contributed by atoms with Gasteiger partial charge >= 0.3 is 5.96 Å². The van der Waals surface area contributed by atoms with E-state index in [1.807, 2.05) is 0 Å². The van der Waals surface area contributed by atoms with Crippen LogP contribution in [0.5, 0.6) is 0 Å². The minimum atomic E-state index is -0.0356. The summed E-state index contributed by atoms with van der Waals surface area (Å²) in [7, 11) is 0. The molecule has 2 aromatic rings. The number of aryl methyl sites for hydroxylation is 2. The zero-order chi connectivity index (χ0) is 22.6. The molecule has 1 heterocycles. The molecule has 0 aromatic heterocycles. The second-order valence-electron chi connectivity index (χ2n) is 9.97. The number of hydrogen-bond donors (Lipinski definition) is 3. The number of aliphatic hydroxyl groups is 1. The number of piperidine rings is 1. The SMILES string of the molecule is Cc1ccc(NC(Nc2ccc(C)cc2)=[N+](CCO)N2C(C)(C)CCCC2(C)C)cc1. The van der Waals surface area contributed by atoms with Gasteiger partial charge in [-0.2, -0.15) is 4.68 Å². The average molecular weight is 424 g/mol. The van der Waals surface area contributed by atoms with E-state index in [4.69, 9.17) is 0 Å². The van der Waals surface area contributed by atoms with Crippen molar-refractivity contribution in [1.29, 1.82) is 0 Å². The average Bonchev–Trinajstić information content (AvgIpc) is 2.69. The van der Waals surface area contributed by atoms with Crippen LogP contribution in [-0.2, 0) is 0 Å². The molecule has 1 fully saturated rings. The van der Waals surface area contributed by atoms with E-state index in [9.17, 15) is 5.11 Å². The van der Waals surface area contributed by atoms with Crippen molar-refractivity contribution in [2.24, 2.45) is 0 Å². The van der Waals surface area contributed by atoms with E-state index in [0.29, 0.717) is 6.54 Å². The van der Waals surface area contributed by atoms with Crippen LogP contribution in [0.4, 0.5) is 11.4 Å². The molecule has 168 valence electrons. The number of hydrazine groups is 1. The number of aliphatic hydroxyl groups excluding tert-OH is 1. The minimum Gasteiger partial charge on any atom is -0.393 e. The molecule has 0 aliphatic carbocycles. The van der Waals surface area contributed by atoms with E-state index >= 15 is 0 Å². The zero-order valence-electron chi connectivity index (χ0n) is 20.0. The number of rotatable bonds is 5. The summed E-state index contributed by atoms with van der Waals surface area (Å²) in [5, 5.41) is 19.7. The molecule has 5 nitrogen and oxygen atoms in total. The van der Waals surface area contributed by atoms with E-state index in [1.54, 1.807) is 0 Å². The molecule has 0 radical (unpaired) electrons. The van der Waals surface area contributed by atoms with Gasteiger partial charge in [0.05, 0.1) is 29.1 Å². The van der Waals surface area contributed by atoms with Gasteiger partial charge in [-0.1, -0.05) is 35.4 Å². The van der Waals surface area contributed by atoms with Crippen LogP contribution in [0, 0.1) is 13.8 Å². The maximum absolute atomic E-state index is 10.0. The Morgan fingerprint density at radius 1 is 0.839 bits per heavy atom. The molecule has 0 unspecified atom stereocenters. The van der Waals surface area contributed by atoms with Crippen molar-refractivity contribution in [3.8, 4) is 0 Å². The molecular weight excluding hydrogens is 384 g/mol. The number of hydrogen-bond acceptors (Lipinski definition) is 2. The third-order valence-electron chi connectivity index (χ3n) is 6.16. The van der Waals surface area contributed by atoms with Gasteiger partial charge in [-0.15, -0.1) is 0 Å². The van der Waals surface area contributed by atoms with Crippen LogP contribution in [0.2, 0.25) is 0 Å². The van der Waals surface area contributed by atoms with E-state index in [1.165, 1.54) is 17.5 Å². The van der Waals surface area contributed by atoms with Crippen LogP contribution in [0.3, 0.4) is 0 Å². The topological polar surface area (TPSA) is 50.5 Å². The van der Waals surface area contributed by atoms with E-state index < -0.39 is 0 Å². The maximum atomic E-state index is 10.0. The van der Waals surface area contributed by atoms with Crippen LogP contribution in [-0.4, -0.2) is 45.0 Å². The van der Waals surface area contributed by atoms with Gasteiger partial charge in [0, 0.05) is 0 Å². The van der Waals surface area contributed by atoms with Crippen LogP contribution >= 0.6 is 0 Å². The number of nitrogens with zero attached hydrogens (tertiary/aromatic N) is 2. The molecule has 31 heavy (non-hydrogen) atoms. The first kappa shape index (κ1) is 23.1. The Morgan fingerprint density at radius 2 is 1.26 bits per heavy atom. The number of benzene rings is 2. The van der Waals surface area contributed by atoms with Gasteiger partial charge in [-0.3, -0.25) is 5.01 Å². The van der Waals surface area contributed by atoms with Crippen molar-refractivity contribution in [2.75, 3.05) is 23.8 Å². The van der Waals surface area contributed by atoms with E-state index in [0.717, 1.165) is 30.2 Å². The quantitative estimate of drug-likeness (QED) is 0.354. The molecule has 2 aromatic carbocycles. The van der Waals surface area contributed by atoms with Crippen molar-refractivity contribution in [3.05, 3.63) is 59.7 Å². The van der Waals surface area contributed by atoms with Gasteiger partial charge in [0.2, 0.25) is 0 Å². The van der Waals surface area contributed by atoms with Crippen LogP contribution < -0.4 is 10.6 Å². The van der Waals surface area contributed by atoms with Crippen molar-refractivity contribution >= 4 is 17.3 Å². The van der Waals surface area contributed by atoms with Crippen LogP contribution in [0.15, 0.2) is 48.5 Å². The standard InChI is InChI=1S/C26H38N4O/c1-20-8-12-22(13-9-20)27-24(28-23-14-10-21(2)11-15-23)29(18-19-31)30-25(3,4)16-7-17-26(30,5)6/h8-15,31H,7,16-19H2,1-6H3,(H,27,28)/p+1.